The van der Waals surface area contributed by atoms with E-state index in [0.29, 0.717) is 12.2 Å². The van der Waals surface area contributed by atoms with Crippen LogP contribution in [0, 0.1) is 0 Å². The molecule has 7 heteroatoms. The van der Waals surface area contributed by atoms with Gasteiger partial charge in [-0.1, -0.05) is 11.6 Å². The first-order valence-electron chi connectivity index (χ1n) is 5.47. The fourth-order valence-corrected chi connectivity index (χ4v) is 1.70. The minimum absolute atomic E-state index is 0. The number of esters is 1. The maximum Gasteiger partial charge on any atom is 0.307 e. The standard InChI is InChI=1S/C12H16ClNO4.ClH/c1-3-18-11(15)6-9(14)7-4-8(13)12(16)10(5-7)17-2;/h4-5,9,16H,3,6,14H2,1-2H3;1H/t9-;/m1./s1. The molecule has 0 aliphatic heterocycles. The number of halogens is 2. The van der Waals surface area contributed by atoms with E-state index in [4.69, 9.17) is 26.8 Å². The number of carbonyl (C=O) groups is 1. The number of benzene rings is 1. The molecule has 19 heavy (non-hydrogen) atoms. The number of aromatic hydroxyl groups is 1. The van der Waals surface area contributed by atoms with Gasteiger partial charge in [-0.25, -0.2) is 0 Å². The second kappa shape index (κ2) is 8.09. The van der Waals surface area contributed by atoms with E-state index in [1.54, 1.807) is 13.0 Å². The molecule has 1 aromatic rings. The summed E-state index contributed by atoms with van der Waals surface area (Å²) in [5.74, 6) is -0.309. The summed E-state index contributed by atoms with van der Waals surface area (Å²) in [6.45, 7) is 2.04. The van der Waals surface area contributed by atoms with Crippen LogP contribution in [0.1, 0.15) is 24.9 Å². The summed E-state index contributed by atoms with van der Waals surface area (Å²) in [6, 6.07) is 2.49. The van der Waals surface area contributed by atoms with Crippen molar-refractivity contribution in [1.82, 2.24) is 0 Å². The van der Waals surface area contributed by atoms with Gasteiger partial charge in [0.2, 0.25) is 0 Å². The van der Waals surface area contributed by atoms with Crippen molar-refractivity contribution < 1.29 is 19.4 Å². The second-order valence-corrected chi connectivity index (χ2v) is 4.08. The normalized spacial score (nSPS) is 11.4. The Hall–Kier alpha value is -1.17. The molecule has 0 saturated carbocycles. The highest BCUT2D eigenvalue weighted by Crippen LogP contribution is 2.36. The van der Waals surface area contributed by atoms with Crippen LogP contribution < -0.4 is 10.5 Å². The van der Waals surface area contributed by atoms with E-state index in [-0.39, 0.29) is 41.3 Å². The zero-order valence-electron chi connectivity index (χ0n) is 10.7. The minimum Gasteiger partial charge on any atom is -0.503 e. The van der Waals surface area contributed by atoms with Crippen LogP contribution in [0.15, 0.2) is 12.1 Å². The van der Waals surface area contributed by atoms with Gasteiger partial charge < -0.3 is 20.3 Å². The Kier molecular flexibility index (Phi) is 7.59. The third kappa shape index (κ3) is 4.78. The van der Waals surface area contributed by atoms with Gasteiger partial charge >= 0.3 is 5.97 Å². The fraction of sp³-hybridized carbons (Fsp3) is 0.417. The Morgan fingerprint density at radius 2 is 2.16 bits per heavy atom. The van der Waals surface area contributed by atoms with Gasteiger partial charge in [0, 0.05) is 6.04 Å². The van der Waals surface area contributed by atoms with Gasteiger partial charge in [-0.05, 0) is 24.6 Å². The third-order valence-corrected chi connectivity index (χ3v) is 2.68. The number of hydrogen-bond acceptors (Lipinski definition) is 5. The Bertz CT molecular complexity index is 440. The molecule has 0 bridgehead atoms. The number of ether oxygens (including phenoxy) is 2. The maximum atomic E-state index is 11.3. The topological polar surface area (TPSA) is 81.8 Å². The summed E-state index contributed by atoms with van der Waals surface area (Å²) in [5, 5.41) is 9.71. The van der Waals surface area contributed by atoms with E-state index in [9.17, 15) is 9.90 Å². The molecular formula is C12H17Cl2NO4. The molecule has 5 nitrogen and oxygen atoms in total. The van der Waals surface area contributed by atoms with Crippen molar-refractivity contribution in [2.24, 2.45) is 5.73 Å². The van der Waals surface area contributed by atoms with Crippen molar-refractivity contribution in [2.75, 3.05) is 13.7 Å². The summed E-state index contributed by atoms with van der Waals surface area (Å²) in [5.41, 5.74) is 6.47. The zero-order chi connectivity index (χ0) is 13.7. The number of hydrogen-bond donors (Lipinski definition) is 2. The lowest BCUT2D eigenvalue weighted by atomic mass is 10.0. The van der Waals surface area contributed by atoms with Crippen LogP contribution in [-0.2, 0) is 9.53 Å². The van der Waals surface area contributed by atoms with E-state index in [1.165, 1.54) is 13.2 Å². The molecule has 108 valence electrons. The smallest absolute Gasteiger partial charge is 0.307 e. The molecule has 1 aromatic carbocycles. The predicted molar refractivity (Wildman–Crippen MR) is 75.1 cm³/mol. The highest BCUT2D eigenvalue weighted by atomic mass is 35.5. The maximum absolute atomic E-state index is 11.3. The Morgan fingerprint density at radius 1 is 1.53 bits per heavy atom. The van der Waals surface area contributed by atoms with Gasteiger partial charge in [0.1, 0.15) is 0 Å². The first-order chi connectivity index (χ1) is 8.49. The van der Waals surface area contributed by atoms with Crippen LogP contribution in [0.3, 0.4) is 0 Å². The average Bonchev–Trinajstić information content (AvgIpc) is 2.32. The van der Waals surface area contributed by atoms with Crippen LogP contribution in [0.5, 0.6) is 11.5 Å². The van der Waals surface area contributed by atoms with Crippen molar-refractivity contribution in [3.8, 4) is 11.5 Å². The molecule has 1 rings (SSSR count). The van der Waals surface area contributed by atoms with Gasteiger partial charge in [0.25, 0.3) is 0 Å². The van der Waals surface area contributed by atoms with Gasteiger partial charge in [-0.2, -0.15) is 0 Å². The molecular weight excluding hydrogens is 293 g/mol. The lowest BCUT2D eigenvalue weighted by molar-refractivity contribution is -0.143. The molecule has 3 N–H and O–H groups in total. The SMILES string of the molecule is CCOC(=O)C[C@@H](N)c1cc(Cl)c(O)c(OC)c1.Cl. The minimum atomic E-state index is -0.559. The number of phenols is 1. The predicted octanol–water partition coefficient (Wildman–Crippen LogP) is 2.43. The summed E-state index contributed by atoms with van der Waals surface area (Å²) in [7, 11) is 1.41. The second-order valence-electron chi connectivity index (χ2n) is 3.67. The highest BCUT2D eigenvalue weighted by Gasteiger charge is 2.16. The summed E-state index contributed by atoms with van der Waals surface area (Å²) >= 11 is 5.84. The quantitative estimate of drug-likeness (QED) is 0.816. The lowest BCUT2D eigenvalue weighted by Gasteiger charge is -2.14. The molecule has 0 saturated heterocycles. The van der Waals surface area contributed by atoms with Crippen molar-refractivity contribution in [1.29, 1.82) is 0 Å². The van der Waals surface area contributed by atoms with Crippen LogP contribution >= 0.6 is 24.0 Å². The Balaban J connectivity index is 0.00000324. The molecule has 0 aliphatic rings. The van der Waals surface area contributed by atoms with Gasteiger partial charge in [-0.15, -0.1) is 12.4 Å². The summed E-state index contributed by atoms with van der Waals surface area (Å²) in [4.78, 5) is 11.3. The van der Waals surface area contributed by atoms with Crippen LogP contribution in [0.4, 0.5) is 0 Å². The molecule has 0 amide bonds. The van der Waals surface area contributed by atoms with Gasteiger partial charge in [0.15, 0.2) is 11.5 Å². The first kappa shape index (κ1) is 17.8. The summed E-state index contributed by atoms with van der Waals surface area (Å²) < 4.78 is 9.77. The zero-order valence-corrected chi connectivity index (χ0v) is 12.3. The van der Waals surface area contributed by atoms with E-state index in [2.05, 4.69) is 0 Å². The molecule has 0 aliphatic carbocycles. The van der Waals surface area contributed by atoms with Crippen LogP contribution in [0.25, 0.3) is 0 Å². The average molecular weight is 310 g/mol. The monoisotopic (exact) mass is 309 g/mol. The van der Waals surface area contributed by atoms with Crippen molar-refractivity contribution >= 4 is 30.0 Å². The first-order valence-corrected chi connectivity index (χ1v) is 5.85. The lowest BCUT2D eigenvalue weighted by Crippen LogP contribution is -2.17. The summed E-state index contributed by atoms with van der Waals surface area (Å²) in [6.07, 6.45) is 0.0398. The third-order valence-electron chi connectivity index (χ3n) is 2.39. The van der Waals surface area contributed by atoms with Crippen LogP contribution in [-0.4, -0.2) is 24.8 Å². The Morgan fingerprint density at radius 3 is 2.68 bits per heavy atom. The van der Waals surface area contributed by atoms with Crippen molar-refractivity contribution in [3.05, 3.63) is 22.7 Å². The number of methoxy groups -OCH3 is 1. The van der Waals surface area contributed by atoms with Gasteiger partial charge in [-0.3, -0.25) is 4.79 Å². The number of nitrogens with two attached hydrogens (primary N) is 1. The van der Waals surface area contributed by atoms with Crippen molar-refractivity contribution in [3.63, 3.8) is 0 Å². The molecule has 0 fully saturated rings. The number of phenolic OH excluding ortho intramolecular Hbond substituents is 1. The number of carbonyl (C=O) groups excluding carboxylic acids is 1. The fourth-order valence-electron chi connectivity index (χ4n) is 1.48. The highest BCUT2D eigenvalue weighted by molar-refractivity contribution is 6.32. The molecule has 0 heterocycles. The van der Waals surface area contributed by atoms with Gasteiger partial charge in [0.05, 0.1) is 25.2 Å². The molecule has 0 unspecified atom stereocenters. The molecule has 0 spiro atoms. The van der Waals surface area contributed by atoms with Crippen molar-refractivity contribution in [2.45, 2.75) is 19.4 Å². The van der Waals surface area contributed by atoms with E-state index in [1.807, 2.05) is 0 Å². The molecule has 1 atom stereocenters. The largest absolute Gasteiger partial charge is 0.503 e. The van der Waals surface area contributed by atoms with E-state index in [0.717, 1.165) is 0 Å². The molecule has 0 radical (unpaired) electrons. The van der Waals surface area contributed by atoms with E-state index >= 15 is 0 Å². The van der Waals surface area contributed by atoms with Crippen LogP contribution in [0.2, 0.25) is 5.02 Å². The Labute approximate surface area is 123 Å². The van der Waals surface area contributed by atoms with E-state index < -0.39 is 6.04 Å². The number of rotatable bonds is 5. The molecule has 0 aromatic heterocycles.